The Balaban J connectivity index is 2.42. The van der Waals surface area contributed by atoms with Crippen molar-refractivity contribution in [2.24, 2.45) is 5.92 Å². The summed E-state index contributed by atoms with van der Waals surface area (Å²) in [5.41, 5.74) is 2.81. The third-order valence-corrected chi connectivity index (χ3v) is 2.90. The van der Waals surface area contributed by atoms with E-state index in [0.29, 0.717) is 6.61 Å². The number of hydrogen-bond acceptors (Lipinski definition) is 2. The predicted molar refractivity (Wildman–Crippen MR) is 66.1 cm³/mol. The first kappa shape index (κ1) is 13.0. The highest BCUT2D eigenvalue weighted by Gasteiger charge is 2.21. The summed E-state index contributed by atoms with van der Waals surface area (Å²) in [6.45, 7) is 6.58. The highest BCUT2D eigenvalue weighted by Crippen LogP contribution is 2.26. The molecule has 0 spiro atoms. The zero-order valence-corrected chi connectivity index (χ0v) is 10.6. The van der Waals surface area contributed by atoms with Crippen molar-refractivity contribution >= 4 is 5.97 Å². The van der Waals surface area contributed by atoms with Crippen molar-refractivity contribution in [2.75, 3.05) is 6.61 Å². The minimum atomic E-state index is -0.0278. The quantitative estimate of drug-likeness (QED) is 0.536. The maximum Gasteiger partial charge on any atom is 0.309 e. The van der Waals surface area contributed by atoms with Crippen molar-refractivity contribution in [2.45, 2.75) is 46.5 Å². The molecule has 2 nitrogen and oxygen atoms in total. The molecule has 1 rings (SSSR count). The lowest BCUT2D eigenvalue weighted by molar-refractivity contribution is -0.148. The molecule has 0 saturated carbocycles. The van der Waals surface area contributed by atoms with Crippen molar-refractivity contribution in [1.82, 2.24) is 0 Å². The van der Waals surface area contributed by atoms with Gasteiger partial charge >= 0.3 is 5.97 Å². The highest BCUT2D eigenvalue weighted by atomic mass is 16.5. The van der Waals surface area contributed by atoms with E-state index in [1.807, 2.05) is 6.92 Å². The van der Waals surface area contributed by atoms with E-state index >= 15 is 0 Å². The largest absolute Gasteiger partial charge is 0.466 e. The molecule has 1 aliphatic rings. The van der Waals surface area contributed by atoms with Gasteiger partial charge in [0, 0.05) is 0 Å². The molecule has 0 aromatic rings. The molecule has 0 aromatic heterocycles. The molecule has 16 heavy (non-hydrogen) atoms. The molecule has 1 atom stereocenters. The molecular formula is C14H22O2. The smallest absolute Gasteiger partial charge is 0.309 e. The molecule has 0 aliphatic heterocycles. The third kappa shape index (κ3) is 4.21. The maximum atomic E-state index is 11.5. The number of carbonyl (C=O) groups is 1. The molecule has 0 amide bonds. The van der Waals surface area contributed by atoms with E-state index in [1.54, 1.807) is 0 Å². The van der Waals surface area contributed by atoms with Crippen molar-refractivity contribution < 1.29 is 9.53 Å². The molecule has 0 N–H and O–H groups in total. The van der Waals surface area contributed by atoms with Gasteiger partial charge in [-0.2, -0.15) is 0 Å². The van der Waals surface area contributed by atoms with Gasteiger partial charge in [-0.3, -0.25) is 4.79 Å². The topological polar surface area (TPSA) is 26.3 Å². The van der Waals surface area contributed by atoms with Crippen LogP contribution >= 0.6 is 0 Å². The van der Waals surface area contributed by atoms with Gasteiger partial charge in [0.1, 0.15) is 0 Å². The molecule has 0 aromatic carbocycles. The van der Waals surface area contributed by atoms with Gasteiger partial charge in [-0.25, -0.2) is 0 Å². The van der Waals surface area contributed by atoms with Gasteiger partial charge in [0.15, 0.2) is 0 Å². The molecule has 1 unspecified atom stereocenters. The van der Waals surface area contributed by atoms with E-state index in [9.17, 15) is 4.79 Å². The minimum absolute atomic E-state index is 0.0278. The van der Waals surface area contributed by atoms with Crippen LogP contribution in [0.4, 0.5) is 0 Å². The Morgan fingerprint density at radius 1 is 1.56 bits per heavy atom. The second kappa shape index (κ2) is 6.51. The van der Waals surface area contributed by atoms with Gasteiger partial charge in [0.05, 0.1) is 12.5 Å². The fraction of sp³-hybridized carbons (Fsp3) is 0.643. The lowest BCUT2D eigenvalue weighted by Crippen LogP contribution is -2.19. The van der Waals surface area contributed by atoms with E-state index in [0.717, 1.165) is 25.7 Å². The van der Waals surface area contributed by atoms with Crippen LogP contribution in [0.2, 0.25) is 0 Å². The Labute approximate surface area is 98.4 Å². The zero-order valence-electron chi connectivity index (χ0n) is 10.6. The van der Waals surface area contributed by atoms with E-state index in [4.69, 9.17) is 4.74 Å². The standard InChI is InChI=1S/C14H22O2/c1-4-16-14(15)13-9-7-12(8-10-13)6-5-11(2)3/h5,7,13H,4,6,8-10H2,1-3H3. The Kier molecular flexibility index (Phi) is 5.30. The van der Waals surface area contributed by atoms with Crippen LogP contribution in [-0.4, -0.2) is 12.6 Å². The minimum Gasteiger partial charge on any atom is -0.466 e. The van der Waals surface area contributed by atoms with Gasteiger partial charge in [-0.05, 0) is 46.5 Å². The summed E-state index contributed by atoms with van der Waals surface area (Å²) in [5.74, 6) is 0.0652. The second-order valence-electron chi connectivity index (χ2n) is 4.57. The summed E-state index contributed by atoms with van der Waals surface area (Å²) in [4.78, 5) is 11.5. The number of hydrogen-bond donors (Lipinski definition) is 0. The van der Waals surface area contributed by atoms with Gasteiger partial charge < -0.3 is 4.74 Å². The van der Waals surface area contributed by atoms with E-state index in [1.165, 1.54) is 11.1 Å². The van der Waals surface area contributed by atoms with Crippen LogP contribution in [-0.2, 0) is 9.53 Å². The number of carbonyl (C=O) groups excluding carboxylic acids is 1. The molecule has 0 bridgehead atoms. The number of esters is 1. The van der Waals surface area contributed by atoms with Gasteiger partial charge in [0.2, 0.25) is 0 Å². The average Bonchev–Trinajstić information content (AvgIpc) is 2.27. The monoisotopic (exact) mass is 222 g/mol. The van der Waals surface area contributed by atoms with Gasteiger partial charge in [0.25, 0.3) is 0 Å². The first-order valence-corrected chi connectivity index (χ1v) is 6.11. The lowest BCUT2D eigenvalue weighted by Gasteiger charge is -2.19. The summed E-state index contributed by atoms with van der Waals surface area (Å²) in [5, 5.41) is 0. The Morgan fingerprint density at radius 3 is 2.81 bits per heavy atom. The molecule has 90 valence electrons. The molecule has 1 aliphatic carbocycles. The normalized spacial score (nSPS) is 19.9. The van der Waals surface area contributed by atoms with Crippen LogP contribution in [0, 0.1) is 5.92 Å². The predicted octanol–water partition coefficient (Wildman–Crippen LogP) is 3.63. The SMILES string of the molecule is CCOC(=O)C1CC=C(CC=C(C)C)CC1. The maximum absolute atomic E-state index is 11.5. The number of rotatable bonds is 4. The Bertz CT molecular complexity index is 296. The first-order chi connectivity index (χ1) is 7.63. The molecular weight excluding hydrogens is 200 g/mol. The molecule has 0 fully saturated rings. The fourth-order valence-electron chi connectivity index (χ4n) is 1.88. The first-order valence-electron chi connectivity index (χ1n) is 6.11. The molecule has 0 saturated heterocycles. The van der Waals surface area contributed by atoms with Crippen LogP contribution in [0.1, 0.15) is 46.5 Å². The van der Waals surface area contributed by atoms with Crippen molar-refractivity contribution in [1.29, 1.82) is 0 Å². The van der Waals surface area contributed by atoms with Crippen LogP contribution in [0.15, 0.2) is 23.3 Å². The third-order valence-electron chi connectivity index (χ3n) is 2.90. The Morgan fingerprint density at radius 2 is 2.31 bits per heavy atom. The van der Waals surface area contributed by atoms with Crippen LogP contribution in [0.25, 0.3) is 0 Å². The summed E-state index contributed by atoms with van der Waals surface area (Å²) < 4.78 is 5.03. The van der Waals surface area contributed by atoms with E-state index in [-0.39, 0.29) is 11.9 Å². The molecule has 0 heterocycles. The second-order valence-corrected chi connectivity index (χ2v) is 4.57. The zero-order chi connectivity index (χ0) is 12.0. The number of allylic oxidation sites excluding steroid dienone is 4. The van der Waals surface area contributed by atoms with Gasteiger partial charge in [-0.1, -0.05) is 23.3 Å². The van der Waals surface area contributed by atoms with E-state index < -0.39 is 0 Å². The van der Waals surface area contributed by atoms with Gasteiger partial charge in [-0.15, -0.1) is 0 Å². The average molecular weight is 222 g/mol. The summed E-state index contributed by atoms with van der Waals surface area (Å²) >= 11 is 0. The van der Waals surface area contributed by atoms with E-state index in [2.05, 4.69) is 26.0 Å². The highest BCUT2D eigenvalue weighted by molar-refractivity contribution is 5.72. The van der Waals surface area contributed by atoms with Crippen LogP contribution in [0.3, 0.4) is 0 Å². The summed E-state index contributed by atoms with van der Waals surface area (Å²) in [7, 11) is 0. The van der Waals surface area contributed by atoms with Crippen molar-refractivity contribution in [3.8, 4) is 0 Å². The summed E-state index contributed by atoms with van der Waals surface area (Å²) in [6, 6.07) is 0. The van der Waals surface area contributed by atoms with Crippen LogP contribution < -0.4 is 0 Å². The van der Waals surface area contributed by atoms with Crippen molar-refractivity contribution in [3.63, 3.8) is 0 Å². The number of ether oxygens (including phenoxy) is 1. The summed E-state index contributed by atoms with van der Waals surface area (Å²) in [6.07, 6.45) is 8.33. The molecule has 0 radical (unpaired) electrons. The van der Waals surface area contributed by atoms with Crippen LogP contribution in [0.5, 0.6) is 0 Å². The Hall–Kier alpha value is -1.05. The fourth-order valence-corrected chi connectivity index (χ4v) is 1.88. The lowest BCUT2D eigenvalue weighted by atomic mass is 9.88. The van der Waals surface area contributed by atoms with Crippen molar-refractivity contribution in [3.05, 3.63) is 23.3 Å². The molecule has 2 heteroatoms.